The van der Waals surface area contributed by atoms with E-state index in [2.05, 4.69) is 5.32 Å². The Morgan fingerprint density at radius 3 is 2.26 bits per heavy atom. The first-order valence-electron chi connectivity index (χ1n) is 9.03. The van der Waals surface area contributed by atoms with Gasteiger partial charge in [-0.05, 0) is 28.8 Å². The van der Waals surface area contributed by atoms with Gasteiger partial charge in [-0.1, -0.05) is 66.7 Å². The van der Waals surface area contributed by atoms with Crippen molar-refractivity contribution in [2.24, 2.45) is 0 Å². The van der Waals surface area contributed by atoms with Gasteiger partial charge < -0.3 is 19.9 Å². The molecule has 3 aromatic rings. The van der Waals surface area contributed by atoms with Gasteiger partial charge in [-0.25, -0.2) is 0 Å². The van der Waals surface area contributed by atoms with E-state index in [-0.39, 0.29) is 0 Å². The van der Waals surface area contributed by atoms with Gasteiger partial charge in [0.2, 0.25) is 0 Å². The Hall–Kier alpha value is -2.82. The van der Waals surface area contributed by atoms with Crippen LogP contribution in [0.1, 0.15) is 22.8 Å². The Morgan fingerprint density at radius 1 is 0.852 bits per heavy atom. The number of benzene rings is 3. The molecule has 3 aromatic carbocycles. The number of nitrogens with one attached hydrogen (secondary N) is 1. The Morgan fingerprint density at radius 2 is 1.56 bits per heavy atom. The van der Waals surface area contributed by atoms with Crippen molar-refractivity contribution in [3.63, 3.8) is 0 Å². The first-order chi connectivity index (χ1) is 13.3. The summed E-state index contributed by atoms with van der Waals surface area (Å²) in [6, 6.07) is 25.6. The molecule has 0 fully saturated rings. The summed E-state index contributed by atoms with van der Waals surface area (Å²) in [7, 11) is 1.64. The molecule has 3 rings (SSSR count). The molecule has 1 unspecified atom stereocenters. The Balaban J connectivity index is 1.54. The third kappa shape index (κ3) is 5.58. The summed E-state index contributed by atoms with van der Waals surface area (Å²) in [5, 5.41) is 13.5. The SMILES string of the molecule is COc1cc(CNCC(O)c2ccccc2)ccc1OCc1ccccc1. The van der Waals surface area contributed by atoms with Crippen LogP contribution in [0.25, 0.3) is 0 Å². The minimum absolute atomic E-state index is 0.485. The van der Waals surface area contributed by atoms with Crippen LogP contribution in [0.5, 0.6) is 11.5 Å². The first-order valence-corrected chi connectivity index (χ1v) is 9.03. The maximum atomic E-state index is 10.2. The van der Waals surface area contributed by atoms with Crippen molar-refractivity contribution in [1.82, 2.24) is 5.32 Å². The zero-order chi connectivity index (χ0) is 18.9. The van der Waals surface area contributed by atoms with E-state index in [1.807, 2.05) is 78.9 Å². The molecule has 27 heavy (non-hydrogen) atoms. The highest BCUT2D eigenvalue weighted by Crippen LogP contribution is 2.29. The first kappa shape index (κ1) is 19.0. The maximum Gasteiger partial charge on any atom is 0.161 e. The van der Waals surface area contributed by atoms with Crippen LogP contribution >= 0.6 is 0 Å². The summed E-state index contributed by atoms with van der Waals surface area (Å²) in [4.78, 5) is 0. The summed E-state index contributed by atoms with van der Waals surface area (Å²) in [6.07, 6.45) is -0.526. The van der Waals surface area contributed by atoms with Gasteiger partial charge in [0.25, 0.3) is 0 Å². The number of ether oxygens (including phenoxy) is 2. The van der Waals surface area contributed by atoms with Crippen LogP contribution in [-0.2, 0) is 13.2 Å². The predicted molar refractivity (Wildman–Crippen MR) is 107 cm³/mol. The van der Waals surface area contributed by atoms with Gasteiger partial charge in [-0.2, -0.15) is 0 Å². The van der Waals surface area contributed by atoms with Crippen LogP contribution < -0.4 is 14.8 Å². The molecule has 0 aliphatic rings. The molecule has 2 N–H and O–H groups in total. The highest BCUT2D eigenvalue weighted by atomic mass is 16.5. The van der Waals surface area contributed by atoms with Crippen molar-refractivity contribution in [3.05, 3.63) is 95.6 Å². The van der Waals surface area contributed by atoms with Crippen LogP contribution in [0.4, 0.5) is 0 Å². The number of aliphatic hydroxyl groups is 1. The minimum Gasteiger partial charge on any atom is -0.493 e. The van der Waals surface area contributed by atoms with Gasteiger partial charge in [0, 0.05) is 13.1 Å². The van der Waals surface area contributed by atoms with Crippen LogP contribution in [0.15, 0.2) is 78.9 Å². The summed E-state index contributed by atoms with van der Waals surface area (Å²) in [5.74, 6) is 1.42. The molecule has 0 heterocycles. The van der Waals surface area contributed by atoms with Gasteiger partial charge in [0.05, 0.1) is 13.2 Å². The van der Waals surface area contributed by atoms with Gasteiger partial charge in [-0.15, -0.1) is 0 Å². The van der Waals surface area contributed by atoms with E-state index in [4.69, 9.17) is 9.47 Å². The number of aliphatic hydroxyl groups excluding tert-OH is 1. The third-order valence-electron chi connectivity index (χ3n) is 4.32. The Kier molecular flexibility index (Phi) is 6.85. The van der Waals surface area contributed by atoms with E-state index in [9.17, 15) is 5.11 Å². The molecule has 0 spiro atoms. The molecular formula is C23H25NO3. The lowest BCUT2D eigenvalue weighted by atomic mass is 10.1. The molecule has 4 nitrogen and oxygen atoms in total. The Bertz CT molecular complexity index is 822. The highest BCUT2D eigenvalue weighted by molar-refractivity contribution is 5.43. The topological polar surface area (TPSA) is 50.7 Å². The zero-order valence-electron chi connectivity index (χ0n) is 15.5. The lowest BCUT2D eigenvalue weighted by Crippen LogP contribution is -2.21. The fraction of sp³-hybridized carbons (Fsp3) is 0.217. The highest BCUT2D eigenvalue weighted by Gasteiger charge is 2.08. The third-order valence-corrected chi connectivity index (χ3v) is 4.32. The van der Waals surface area contributed by atoms with Crippen molar-refractivity contribution >= 4 is 0 Å². The van der Waals surface area contributed by atoms with Gasteiger partial charge in [-0.3, -0.25) is 0 Å². The van der Waals surface area contributed by atoms with Gasteiger partial charge in [0.15, 0.2) is 11.5 Å². The molecule has 1 atom stereocenters. The van der Waals surface area contributed by atoms with Crippen molar-refractivity contribution in [2.75, 3.05) is 13.7 Å². The van der Waals surface area contributed by atoms with Crippen LogP contribution in [0.2, 0.25) is 0 Å². The number of hydrogen-bond acceptors (Lipinski definition) is 4. The molecule has 0 aliphatic heterocycles. The molecule has 0 bridgehead atoms. The van der Waals surface area contributed by atoms with Gasteiger partial charge >= 0.3 is 0 Å². The molecule has 0 saturated carbocycles. The van der Waals surface area contributed by atoms with Crippen molar-refractivity contribution in [2.45, 2.75) is 19.3 Å². The minimum atomic E-state index is -0.526. The number of methoxy groups -OCH3 is 1. The molecule has 140 valence electrons. The lowest BCUT2D eigenvalue weighted by Gasteiger charge is -2.14. The summed E-state index contributed by atoms with van der Waals surface area (Å²) in [6.45, 7) is 1.62. The smallest absolute Gasteiger partial charge is 0.161 e. The normalized spacial score (nSPS) is 11.8. The fourth-order valence-electron chi connectivity index (χ4n) is 2.82. The molecule has 0 amide bonds. The van der Waals surface area contributed by atoms with E-state index in [0.717, 1.165) is 22.4 Å². The quantitative estimate of drug-likeness (QED) is 0.601. The average molecular weight is 363 g/mol. The second-order valence-electron chi connectivity index (χ2n) is 6.32. The van der Waals surface area contributed by atoms with E-state index in [0.29, 0.717) is 25.4 Å². The molecule has 4 heteroatoms. The fourth-order valence-corrected chi connectivity index (χ4v) is 2.82. The second-order valence-corrected chi connectivity index (χ2v) is 6.32. The van der Waals surface area contributed by atoms with Crippen LogP contribution in [0, 0.1) is 0 Å². The molecule has 0 saturated heterocycles. The van der Waals surface area contributed by atoms with Crippen molar-refractivity contribution in [1.29, 1.82) is 0 Å². The Labute approximate surface area is 160 Å². The van der Waals surface area contributed by atoms with Crippen LogP contribution in [0.3, 0.4) is 0 Å². The largest absolute Gasteiger partial charge is 0.493 e. The number of hydrogen-bond donors (Lipinski definition) is 2. The molecular weight excluding hydrogens is 338 g/mol. The number of rotatable bonds is 9. The lowest BCUT2D eigenvalue weighted by molar-refractivity contribution is 0.174. The zero-order valence-corrected chi connectivity index (χ0v) is 15.5. The van der Waals surface area contributed by atoms with Gasteiger partial charge in [0.1, 0.15) is 6.61 Å². The predicted octanol–water partition coefficient (Wildman–Crippen LogP) is 4.10. The van der Waals surface area contributed by atoms with Crippen molar-refractivity contribution in [3.8, 4) is 11.5 Å². The van der Waals surface area contributed by atoms with E-state index < -0.39 is 6.10 Å². The second kappa shape index (κ2) is 9.76. The monoisotopic (exact) mass is 363 g/mol. The van der Waals surface area contributed by atoms with E-state index in [1.54, 1.807) is 7.11 Å². The van der Waals surface area contributed by atoms with Crippen molar-refractivity contribution < 1.29 is 14.6 Å². The standard InChI is InChI=1S/C23H25NO3/c1-26-23-14-19(15-24-16-21(25)20-10-6-3-7-11-20)12-13-22(23)27-17-18-8-4-2-5-9-18/h2-14,21,24-25H,15-17H2,1H3. The molecule has 0 aliphatic carbocycles. The van der Waals surface area contributed by atoms with E-state index in [1.165, 1.54) is 0 Å². The van der Waals surface area contributed by atoms with Crippen LogP contribution in [-0.4, -0.2) is 18.8 Å². The summed E-state index contributed by atoms with van der Waals surface area (Å²) in [5.41, 5.74) is 3.09. The summed E-state index contributed by atoms with van der Waals surface area (Å²) < 4.78 is 11.4. The average Bonchev–Trinajstić information content (AvgIpc) is 2.74. The summed E-state index contributed by atoms with van der Waals surface area (Å²) >= 11 is 0. The molecule has 0 aromatic heterocycles. The molecule has 0 radical (unpaired) electrons. The van der Waals surface area contributed by atoms with E-state index >= 15 is 0 Å². The maximum absolute atomic E-state index is 10.2.